The Morgan fingerprint density at radius 1 is 0.763 bits per heavy atom. The van der Waals surface area contributed by atoms with Crippen LogP contribution in [0.2, 0.25) is 0 Å². The fraction of sp³-hybridized carbons (Fsp3) is 0.431. The van der Waals surface area contributed by atoms with Crippen molar-refractivity contribution in [3.8, 4) is 0 Å². The molecule has 0 aromatic carbocycles. The van der Waals surface area contributed by atoms with Crippen LogP contribution in [-0.4, -0.2) is 198 Å². The van der Waals surface area contributed by atoms with E-state index in [1.54, 1.807) is 26.8 Å². The maximum Gasteiger partial charge on any atom is 0.357 e. The normalized spacial score (nSPS) is 26.9. The van der Waals surface area contributed by atoms with Crippen LogP contribution in [0.15, 0.2) is 92.2 Å². The van der Waals surface area contributed by atoms with Crippen molar-refractivity contribution in [1.29, 1.82) is 0 Å². The second-order valence-corrected chi connectivity index (χ2v) is 32.3. The average molecular weight is 1660 g/mol. The Bertz CT molecular complexity index is 4880. The highest BCUT2D eigenvalue weighted by atomic mass is 32.2. The van der Waals surface area contributed by atoms with Gasteiger partial charge in [-0.3, -0.25) is 68.0 Å². The second-order valence-electron chi connectivity index (χ2n) is 27.8. The maximum atomic E-state index is 15.4. The molecule has 4 aliphatic heterocycles. The summed E-state index contributed by atoms with van der Waals surface area (Å²) in [7, 11) is 0. The molecule has 0 fully saturated rings. The van der Waals surface area contributed by atoms with Crippen LogP contribution in [0, 0.1) is 5.92 Å². The van der Waals surface area contributed by atoms with Gasteiger partial charge >= 0.3 is 5.97 Å². The van der Waals surface area contributed by atoms with Crippen LogP contribution in [0.1, 0.15) is 203 Å². The van der Waals surface area contributed by atoms with Crippen LogP contribution in [0.25, 0.3) is 6.08 Å². The van der Waals surface area contributed by atoms with Gasteiger partial charge < -0.3 is 89.2 Å². The number of cyclic esters (lactones) is 1. The molecule has 1 aliphatic carbocycles. The Balaban J connectivity index is 1.18. The molecule has 13 bridgehead atoms. The number of nitrogens with zero attached hydrogens (tertiary/aromatic N) is 7. The highest BCUT2D eigenvalue weighted by Crippen LogP contribution is 2.48. The third-order valence-electron chi connectivity index (χ3n) is 19.5. The topological polar surface area (TPSA) is 563 Å². The molecule has 0 unspecified atom stereocenters. The van der Waals surface area contributed by atoms with Crippen molar-refractivity contribution >= 4 is 145 Å². The monoisotopic (exact) mass is 1660 g/mol. The van der Waals surface area contributed by atoms with Crippen molar-refractivity contribution in [2.75, 3.05) is 5.75 Å². The number of esters is 1. The molecule has 11 amide bonds. The number of nitrogens with two attached hydrogens (primary N) is 1. The Morgan fingerprint density at radius 2 is 1.45 bits per heavy atom. The van der Waals surface area contributed by atoms with Crippen LogP contribution < -0.4 is 64.2 Å². The summed E-state index contributed by atoms with van der Waals surface area (Å²) >= 11 is 4.42. The fourth-order valence-corrected chi connectivity index (χ4v) is 17.2. The zero-order valence-corrected chi connectivity index (χ0v) is 67.1. The van der Waals surface area contributed by atoms with Gasteiger partial charge in [0.15, 0.2) is 0 Å². The SMILES string of the molecule is C=C(NC(=O)C(=C)NC(=O)c1csc(C2=N[C@H]3c4csc(n4)[C@@H]4NC(=O)c5csc(n5)[C@@H]([C@@](C)(O)[C@H](C)O)NC(=O)[C@@H]5CSC(=N5)/C(=C/C)NC(=O)[C@@H]([C@@H](C)O)NC(=O)c5csc(n5)[C@@]3(CC2)NC(=O)[C@H](C)NC(=O)C(=C)NC(=O)[C@H](C)NC(=O)[C@@H]([C@H](C)CC)N[C@H]2C=Cc3c([C@@H](C)O)cc(nc3[C@@H]2O)C(=O)O[C@H]4C)n1)C(N)=O. The molecule has 17 atom stereocenters. The van der Waals surface area contributed by atoms with E-state index in [1.165, 1.54) is 88.2 Å². The third-order valence-corrected chi connectivity index (χ3v) is 24.3. The lowest BCUT2D eigenvalue weighted by Crippen LogP contribution is -2.57. The molecule has 42 heteroatoms. The van der Waals surface area contributed by atoms with Crippen LogP contribution in [0.3, 0.4) is 0 Å². The quantitative estimate of drug-likeness (QED) is 0.0606. The van der Waals surface area contributed by atoms with Gasteiger partial charge in [0.2, 0.25) is 29.5 Å². The van der Waals surface area contributed by atoms with Crippen molar-refractivity contribution in [2.24, 2.45) is 21.6 Å². The van der Waals surface area contributed by atoms with E-state index in [-0.39, 0.29) is 94.7 Å². The van der Waals surface area contributed by atoms with Gasteiger partial charge in [-0.1, -0.05) is 58.2 Å². The number of thiazole rings is 4. The number of aliphatic imine (C=N–C) groups is 2. The molecule has 0 radical (unpaired) electrons. The largest absolute Gasteiger partial charge is 0.455 e. The van der Waals surface area contributed by atoms with Gasteiger partial charge in [-0.25, -0.2) is 29.7 Å². The maximum absolute atomic E-state index is 15.4. The van der Waals surface area contributed by atoms with E-state index < -0.39 is 196 Å². The van der Waals surface area contributed by atoms with E-state index in [9.17, 15) is 68.7 Å². The molecule has 0 saturated carbocycles. The number of hydrogen-bond donors (Lipinski definition) is 17. The van der Waals surface area contributed by atoms with E-state index in [1.807, 2.05) is 0 Å². The predicted molar refractivity (Wildman–Crippen MR) is 418 cm³/mol. The van der Waals surface area contributed by atoms with Gasteiger partial charge in [0.05, 0.1) is 70.3 Å². The van der Waals surface area contributed by atoms with Gasteiger partial charge in [0.1, 0.15) is 113 Å². The zero-order valence-electron chi connectivity index (χ0n) is 63.0. The number of nitrogens with one attached hydrogen (secondary N) is 11. The van der Waals surface area contributed by atoms with Crippen molar-refractivity contribution in [3.63, 3.8) is 0 Å². The Labute approximate surface area is 671 Å². The van der Waals surface area contributed by atoms with Gasteiger partial charge in [-0.2, -0.15) is 0 Å². The fourth-order valence-electron chi connectivity index (χ4n) is 12.3. The standard InChI is InChI=1S/C72H85N19O18S5/c1-14-26(3)47-63(105)78-30(7)57(99)75-28(5)56(98)76-31(8)58(100)91-72-19-18-40(66-85-43(22-111-66)59(101)77-29(6)55(97)74-27(4)54(73)96)81-52(72)42-21-112-67(83-42)49(34(11)109-69(107)41-20-37(32(9)92)36-16-17-39(79-47)51(95)50(36)80-41)89-60(102)44-24-113-68(86-44)53(71(13,108)35(12)94)90-62(104)45-23-110-65(84-45)38(15-2)82-64(106)48(33(10)93)88-61(103)46-25-114-70(72)87-46/h15-17,20-22,24-26,30-35,39,45,47-49,51-53,79,92-95,108H,4-6,14,18-19,23H2,1-3,7-13H3,(H2,73,96)(H,74,97)(H,75,99)(H,76,98)(H,77,101)(H,78,105)(H,82,106)(H,88,103)(H,89,102)(H,90,104)(H,91,100)/b38-15-/t26-,30+,31+,32-,33-,34+,35+,39+,45+,47-,48-,49-,51-,52+,53+,71+,72+/m1/s1. The number of hydrogen-bond acceptors (Lipinski definition) is 31. The number of rotatable bonds is 12. The number of aliphatic hydroxyl groups excluding tert-OH is 4. The molecule has 10 rings (SSSR count). The van der Waals surface area contributed by atoms with Crippen LogP contribution in [0.5, 0.6) is 0 Å². The first-order valence-corrected chi connectivity index (χ1v) is 40.1. The molecule has 5 aromatic heterocycles. The van der Waals surface area contributed by atoms with Crippen LogP contribution in [0.4, 0.5) is 0 Å². The Morgan fingerprint density at radius 3 is 2.12 bits per heavy atom. The number of primary amides is 1. The van der Waals surface area contributed by atoms with E-state index in [0.29, 0.717) is 6.42 Å². The van der Waals surface area contributed by atoms with Gasteiger partial charge in [0, 0.05) is 32.8 Å². The Hall–Kier alpha value is -10.5. The number of allylic oxidation sites excluding steroid dienone is 1. The lowest BCUT2D eigenvalue weighted by molar-refractivity contribution is -0.131. The summed E-state index contributed by atoms with van der Waals surface area (Å²) in [4.78, 5) is 204. The number of aliphatic hydroxyl groups is 5. The molecule has 37 nitrogen and oxygen atoms in total. The van der Waals surface area contributed by atoms with Gasteiger partial charge in [0.25, 0.3) is 35.4 Å². The summed E-state index contributed by atoms with van der Waals surface area (Å²) < 4.78 is 6.26. The lowest BCUT2D eigenvalue weighted by Gasteiger charge is -2.41. The molecule has 0 spiro atoms. The number of ether oxygens (including phenoxy) is 1. The number of thioether (sulfide) groups is 1. The van der Waals surface area contributed by atoms with Gasteiger partial charge in [-0.15, -0.1) is 57.1 Å². The highest BCUT2D eigenvalue weighted by Gasteiger charge is 2.51. The second kappa shape index (κ2) is 35.5. The van der Waals surface area contributed by atoms with Crippen molar-refractivity contribution < 1.29 is 87.8 Å². The number of carbonyl (C=O) groups excluding carboxylic acids is 12. The highest BCUT2D eigenvalue weighted by molar-refractivity contribution is 8.14. The van der Waals surface area contributed by atoms with Crippen LogP contribution in [-0.2, 0) is 48.6 Å². The summed E-state index contributed by atoms with van der Waals surface area (Å²) in [6.45, 7) is 24.9. The summed E-state index contributed by atoms with van der Waals surface area (Å²) in [5.74, 6) is -12.2. The first-order valence-electron chi connectivity index (χ1n) is 35.6. The number of carbonyl (C=O) groups is 12. The molecule has 18 N–H and O–H groups in total. The summed E-state index contributed by atoms with van der Waals surface area (Å²) in [6.07, 6.45) is -3.18. The molecular formula is C72H85N19O18S5. The zero-order chi connectivity index (χ0) is 83.4. The summed E-state index contributed by atoms with van der Waals surface area (Å²) in [6, 6.07) is -11.6. The molecule has 606 valence electrons. The minimum Gasteiger partial charge on any atom is -0.455 e. The molecule has 114 heavy (non-hydrogen) atoms. The summed E-state index contributed by atoms with van der Waals surface area (Å²) in [5, 5.41) is 92.2. The summed E-state index contributed by atoms with van der Waals surface area (Å²) in [5.41, 5.74) is -1.79. The molecule has 0 saturated heterocycles. The molecule has 5 aromatic rings. The minimum absolute atomic E-state index is 0.0158. The van der Waals surface area contributed by atoms with E-state index in [0.717, 1.165) is 57.1 Å². The molecule has 9 heterocycles. The van der Waals surface area contributed by atoms with Crippen molar-refractivity contribution in [2.45, 2.75) is 185 Å². The van der Waals surface area contributed by atoms with E-state index in [2.05, 4.69) is 98.2 Å². The number of amides is 11. The number of fused-ring (bicyclic) bond motifs is 7. The lowest BCUT2D eigenvalue weighted by atomic mass is 9.80. The minimum atomic E-state index is -2.21. The molecule has 5 aliphatic rings. The van der Waals surface area contributed by atoms with Gasteiger partial charge in [-0.05, 0) is 85.8 Å². The first-order chi connectivity index (χ1) is 53.7. The molecular weight excluding hydrogens is 1580 g/mol. The average Bonchev–Trinajstić information content (AvgIpc) is 1.50. The Kier molecular flexibility index (Phi) is 26.7. The van der Waals surface area contributed by atoms with Crippen molar-refractivity contribution in [3.05, 3.63) is 148 Å². The number of pyridine rings is 1. The van der Waals surface area contributed by atoms with Crippen molar-refractivity contribution in [1.82, 2.24) is 83.4 Å². The third kappa shape index (κ3) is 18.6. The van der Waals surface area contributed by atoms with E-state index in [4.69, 9.17) is 25.4 Å². The number of aromatic nitrogens is 5. The smallest absolute Gasteiger partial charge is 0.357 e. The first kappa shape index (κ1) is 85.9. The predicted octanol–water partition coefficient (Wildman–Crippen LogP) is 0.774. The van der Waals surface area contributed by atoms with E-state index >= 15 is 14.4 Å². The van der Waals surface area contributed by atoms with Crippen LogP contribution >= 0.6 is 57.1 Å².